The summed E-state index contributed by atoms with van der Waals surface area (Å²) >= 11 is 0. The van der Waals surface area contributed by atoms with Gasteiger partial charge in [-0.3, -0.25) is 4.79 Å². The highest BCUT2D eigenvalue weighted by molar-refractivity contribution is 5.76. The zero-order chi connectivity index (χ0) is 14.1. The van der Waals surface area contributed by atoms with Gasteiger partial charge in [-0.2, -0.15) is 10.5 Å². The molecule has 1 rings (SSSR count). The Morgan fingerprint density at radius 3 is 2.79 bits per heavy atom. The van der Waals surface area contributed by atoms with E-state index in [2.05, 4.69) is 0 Å². The summed E-state index contributed by atoms with van der Waals surface area (Å²) in [5.41, 5.74) is 0.452. The van der Waals surface area contributed by atoms with Crippen molar-refractivity contribution in [3.05, 3.63) is 29.8 Å². The number of hydrogen-bond acceptors (Lipinski definition) is 4. The van der Waals surface area contributed by atoms with Crippen LogP contribution in [-0.2, 0) is 4.79 Å². The quantitative estimate of drug-likeness (QED) is 0.777. The monoisotopic (exact) mass is 257 g/mol. The summed E-state index contributed by atoms with van der Waals surface area (Å²) in [5, 5.41) is 17.3. The van der Waals surface area contributed by atoms with Gasteiger partial charge in [-0.1, -0.05) is 12.1 Å². The van der Waals surface area contributed by atoms with Crippen molar-refractivity contribution in [2.75, 3.05) is 20.2 Å². The van der Waals surface area contributed by atoms with Crippen LogP contribution in [0, 0.1) is 22.7 Å². The first kappa shape index (κ1) is 14.5. The highest BCUT2D eigenvalue weighted by Gasteiger charge is 2.09. The number of amides is 1. The van der Waals surface area contributed by atoms with Gasteiger partial charge in [0.15, 0.2) is 0 Å². The summed E-state index contributed by atoms with van der Waals surface area (Å²) in [6.07, 6.45) is 0.544. The minimum atomic E-state index is -0.0790. The van der Waals surface area contributed by atoms with Crippen molar-refractivity contribution < 1.29 is 9.53 Å². The Hall–Kier alpha value is -2.53. The van der Waals surface area contributed by atoms with E-state index in [0.717, 1.165) is 0 Å². The molecule has 0 heterocycles. The van der Waals surface area contributed by atoms with Gasteiger partial charge in [-0.05, 0) is 12.1 Å². The Morgan fingerprint density at radius 2 is 2.11 bits per heavy atom. The smallest absolute Gasteiger partial charge is 0.225 e. The zero-order valence-corrected chi connectivity index (χ0v) is 10.8. The van der Waals surface area contributed by atoms with Crippen LogP contribution in [0.3, 0.4) is 0 Å². The molecule has 0 aliphatic rings. The molecular weight excluding hydrogens is 242 g/mol. The second kappa shape index (κ2) is 7.73. The second-order valence-electron chi connectivity index (χ2n) is 3.93. The van der Waals surface area contributed by atoms with Crippen molar-refractivity contribution in [3.8, 4) is 17.9 Å². The highest BCUT2D eigenvalue weighted by Crippen LogP contribution is 2.16. The van der Waals surface area contributed by atoms with Crippen LogP contribution in [0.2, 0.25) is 0 Å². The van der Waals surface area contributed by atoms with Crippen LogP contribution in [0.1, 0.15) is 18.4 Å². The molecule has 0 atom stereocenters. The van der Waals surface area contributed by atoms with Gasteiger partial charge in [0, 0.05) is 13.6 Å². The molecule has 0 radical (unpaired) electrons. The van der Waals surface area contributed by atoms with Gasteiger partial charge in [0.1, 0.15) is 11.8 Å². The summed E-state index contributed by atoms with van der Waals surface area (Å²) in [4.78, 5) is 13.2. The number of rotatable bonds is 6. The fourth-order valence-corrected chi connectivity index (χ4v) is 1.47. The summed E-state index contributed by atoms with van der Waals surface area (Å²) in [5.74, 6) is 0.405. The van der Waals surface area contributed by atoms with Gasteiger partial charge in [0.05, 0.1) is 31.1 Å². The maximum absolute atomic E-state index is 11.7. The lowest BCUT2D eigenvalue weighted by Crippen LogP contribution is -2.28. The number of nitriles is 2. The van der Waals surface area contributed by atoms with E-state index in [1.165, 1.54) is 4.90 Å². The molecule has 0 aliphatic carbocycles. The predicted molar refractivity (Wildman–Crippen MR) is 69.1 cm³/mol. The lowest BCUT2D eigenvalue weighted by molar-refractivity contribution is -0.130. The molecular formula is C14H15N3O2. The number of carbonyl (C=O) groups excluding carboxylic acids is 1. The van der Waals surface area contributed by atoms with Crippen molar-refractivity contribution in [3.63, 3.8) is 0 Å². The van der Waals surface area contributed by atoms with Gasteiger partial charge in [-0.15, -0.1) is 0 Å². The van der Waals surface area contributed by atoms with E-state index in [4.69, 9.17) is 15.3 Å². The highest BCUT2D eigenvalue weighted by atomic mass is 16.5. The Kier molecular flexibility index (Phi) is 5.91. The van der Waals surface area contributed by atoms with Crippen molar-refractivity contribution >= 4 is 5.91 Å². The Balaban J connectivity index is 2.40. The molecule has 5 nitrogen and oxygen atoms in total. The maximum Gasteiger partial charge on any atom is 0.225 e. The summed E-state index contributed by atoms with van der Waals surface area (Å²) < 4.78 is 5.42. The maximum atomic E-state index is 11.7. The standard InChI is InChI=1S/C14H15N3O2/c1-17(9-4-8-15)14(18)7-10-19-13-6-3-2-5-12(13)11-16/h2-3,5-6H,4,7,9-10H2,1H3. The molecule has 0 fully saturated rings. The fourth-order valence-electron chi connectivity index (χ4n) is 1.47. The molecule has 1 aromatic carbocycles. The Morgan fingerprint density at radius 1 is 1.37 bits per heavy atom. The molecule has 0 aromatic heterocycles. The molecule has 0 spiro atoms. The molecule has 98 valence electrons. The van der Waals surface area contributed by atoms with Crippen molar-refractivity contribution in [1.82, 2.24) is 4.90 Å². The molecule has 19 heavy (non-hydrogen) atoms. The molecule has 0 unspecified atom stereocenters. The van der Waals surface area contributed by atoms with Crippen LogP contribution < -0.4 is 4.74 Å². The van der Waals surface area contributed by atoms with E-state index >= 15 is 0 Å². The average molecular weight is 257 g/mol. The lowest BCUT2D eigenvalue weighted by Gasteiger charge is -2.15. The molecule has 5 heteroatoms. The third-order valence-electron chi connectivity index (χ3n) is 2.57. The third kappa shape index (κ3) is 4.69. The summed E-state index contributed by atoms with van der Waals surface area (Å²) in [7, 11) is 1.66. The predicted octanol–water partition coefficient (Wildman–Crippen LogP) is 1.70. The van der Waals surface area contributed by atoms with Crippen LogP contribution in [0.15, 0.2) is 24.3 Å². The van der Waals surface area contributed by atoms with Gasteiger partial charge < -0.3 is 9.64 Å². The van der Waals surface area contributed by atoms with Crippen molar-refractivity contribution in [2.45, 2.75) is 12.8 Å². The molecule has 0 aliphatic heterocycles. The van der Waals surface area contributed by atoms with Crippen LogP contribution in [0.5, 0.6) is 5.75 Å². The fraction of sp³-hybridized carbons (Fsp3) is 0.357. The van der Waals surface area contributed by atoms with E-state index in [1.807, 2.05) is 12.1 Å². The van der Waals surface area contributed by atoms with Gasteiger partial charge in [0.25, 0.3) is 0 Å². The van der Waals surface area contributed by atoms with E-state index in [1.54, 1.807) is 31.3 Å². The minimum Gasteiger partial charge on any atom is -0.492 e. The van der Waals surface area contributed by atoms with E-state index < -0.39 is 0 Å². The normalized spacial score (nSPS) is 9.21. The van der Waals surface area contributed by atoms with Crippen LogP contribution >= 0.6 is 0 Å². The SMILES string of the molecule is CN(CCC#N)C(=O)CCOc1ccccc1C#N. The van der Waals surface area contributed by atoms with Crippen molar-refractivity contribution in [1.29, 1.82) is 10.5 Å². The van der Waals surface area contributed by atoms with Gasteiger partial charge >= 0.3 is 0 Å². The number of hydrogen-bond donors (Lipinski definition) is 0. The molecule has 1 aromatic rings. The number of ether oxygens (including phenoxy) is 1. The third-order valence-corrected chi connectivity index (χ3v) is 2.57. The first-order valence-electron chi connectivity index (χ1n) is 5.92. The van der Waals surface area contributed by atoms with Crippen LogP contribution in [-0.4, -0.2) is 31.0 Å². The molecule has 0 saturated heterocycles. The lowest BCUT2D eigenvalue weighted by atomic mass is 10.2. The second-order valence-corrected chi connectivity index (χ2v) is 3.93. The molecule has 0 saturated carbocycles. The number of carbonyl (C=O) groups is 1. The summed E-state index contributed by atoms with van der Waals surface area (Å²) in [6, 6.07) is 10.9. The zero-order valence-electron chi connectivity index (χ0n) is 10.8. The van der Waals surface area contributed by atoms with E-state index in [9.17, 15) is 4.79 Å². The van der Waals surface area contributed by atoms with E-state index in [-0.39, 0.29) is 18.9 Å². The van der Waals surface area contributed by atoms with Gasteiger partial charge in [0.2, 0.25) is 5.91 Å². The molecule has 1 amide bonds. The largest absolute Gasteiger partial charge is 0.492 e. The Labute approximate surface area is 112 Å². The van der Waals surface area contributed by atoms with E-state index in [0.29, 0.717) is 24.3 Å². The molecule has 0 N–H and O–H groups in total. The Bertz CT molecular complexity index is 514. The topological polar surface area (TPSA) is 77.1 Å². The number of para-hydroxylation sites is 1. The number of nitrogens with zero attached hydrogens (tertiary/aromatic N) is 3. The average Bonchev–Trinajstić information content (AvgIpc) is 2.45. The van der Waals surface area contributed by atoms with Crippen LogP contribution in [0.25, 0.3) is 0 Å². The van der Waals surface area contributed by atoms with Gasteiger partial charge in [-0.25, -0.2) is 0 Å². The number of benzene rings is 1. The molecule has 0 bridgehead atoms. The first-order chi connectivity index (χ1) is 9.19. The first-order valence-corrected chi connectivity index (χ1v) is 5.92. The summed E-state index contributed by atoms with van der Waals surface area (Å²) in [6.45, 7) is 0.637. The van der Waals surface area contributed by atoms with Crippen molar-refractivity contribution in [2.24, 2.45) is 0 Å². The van der Waals surface area contributed by atoms with Crippen LogP contribution in [0.4, 0.5) is 0 Å². The minimum absolute atomic E-state index is 0.0790.